The van der Waals surface area contributed by atoms with Crippen LogP contribution in [0.25, 0.3) is 0 Å². The van der Waals surface area contributed by atoms with Gasteiger partial charge in [0.15, 0.2) is 0 Å². The van der Waals surface area contributed by atoms with Crippen molar-refractivity contribution >= 4 is 27.3 Å². The first-order valence-corrected chi connectivity index (χ1v) is 11.4. The smallest absolute Gasteiger partial charge is 0.232 e. The van der Waals surface area contributed by atoms with Crippen LogP contribution in [0.3, 0.4) is 0 Å². The number of benzene rings is 2. The molecule has 1 aliphatic carbocycles. The van der Waals surface area contributed by atoms with Crippen molar-refractivity contribution in [2.75, 3.05) is 15.9 Å². The minimum absolute atomic E-state index is 0.0339. The van der Waals surface area contributed by atoms with Crippen molar-refractivity contribution in [1.82, 2.24) is 0 Å². The fourth-order valence-corrected chi connectivity index (χ4v) is 3.87. The standard InChI is InChI=1S/C22H28N2O3S/c1-22(2,3)18-9-5-16(6-10-18)15-24(28(4,26)27)20-13-11-19(12-14-20)23-21(25)17-7-8-17/h5-6,9-14,17H,7-8,15H2,1-4H3,(H,23,25). The average molecular weight is 401 g/mol. The second kappa shape index (κ2) is 7.59. The summed E-state index contributed by atoms with van der Waals surface area (Å²) in [5.74, 6) is 0.162. The summed E-state index contributed by atoms with van der Waals surface area (Å²) in [5.41, 5.74) is 3.44. The van der Waals surface area contributed by atoms with Crippen LogP contribution in [0, 0.1) is 5.92 Å². The first kappa shape index (κ1) is 20.4. The molecule has 0 heterocycles. The molecule has 3 rings (SSSR count). The maximum absolute atomic E-state index is 12.4. The molecule has 0 atom stereocenters. The maximum Gasteiger partial charge on any atom is 0.232 e. The van der Waals surface area contributed by atoms with E-state index in [1.165, 1.54) is 16.1 Å². The Bertz CT molecular complexity index is 939. The van der Waals surface area contributed by atoms with Gasteiger partial charge in [-0.25, -0.2) is 8.42 Å². The van der Waals surface area contributed by atoms with Crippen molar-refractivity contribution in [3.8, 4) is 0 Å². The molecule has 1 amide bonds. The molecule has 1 N–H and O–H groups in total. The number of carbonyl (C=O) groups excluding carboxylic acids is 1. The summed E-state index contributed by atoms with van der Waals surface area (Å²) in [5, 5.41) is 2.87. The number of amides is 1. The highest BCUT2D eigenvalue weighted by molar-refractivity contribution is 7.92. The molecule has 2 aromatic rings. The summed E-state index contributed by atoms with van der Waals surface area (Å²) in [6, 6.07) is 15.0. The van der Waals surface area contributed by atoms with E-state index in [0.717, 1.165) is 18.4 Å². The molecule has 0 radical (unpaired) electrons. The zero-order chi connectivity index (χ0) is 20.5. The lowest BCUT2D eigenvalue weighted by Gasteiger charge is -2.24. The Morgan fingerprint density at radius 3 is 2.07 bits per heavy atom. The normalized spacial score (nSPS) is 14.6. The molecule has 5 nitrogen and oxygen atoms in total. The van der Waals surface area contributed by atoms with E-state index >= 15 is 0 Å². The fraction of sp³-hybridized carbons (Fsp3) is 0.409. The van der Waals surface area contributed by atoms with Gasteiger partial charge in [-0.2, -0.15) is 0 Å². The number of rotatable bonds is 6. The van der Waals surface area contributed by atoms with Gasteiger partial charge in [-0.3, -0.25) is 9.10 Å². The SMILES string of the molecule is CC(C)(C)c1ccc(CN(c2ccc(NC(=O)C3CC3)cc2)S(C)(=O)=O)cc1. The van der Waals surface area contributed by atoms with E-state index in [0.29, 0.717) is 11.4 Å². The van der Waals surface area contributed by atoms with Crippen LogP contribution in [-0.4, -0.2) is 20.6 Å². The molecule has 150 valence electrons. The van der Waals surface area contributed by atoms with Crippen molar-refractivity contribution in [3.63, 3.8) is 0 Å². The van der Waals surface area contributed by atoms with Crippen LogP contribution in [-0.2, 0) is 26.8 Å². The van der Waals surface area contributed by atoms with Gasteiger partial charge < -0.3 is 5.32 Å². The van der Waals surface area contributed by atoms with Crippen molar-refractivity contribution in [3.05, 3.63) is 59.7 Å². The van der Waals surface area contributed by atoms with E-state index in [9.17, 15) is 13.2 Å². The Balaban J connectivity index is 1.77. The first-order valence-electron chi connectivity index (χ1n) is 9.52. The van der Waals surface area contributed by atoms with E-state index in [1.54, 1.807) is 24.3 Å². The lowest BCUT2D eigenvalue weighted by Crippen LogP contribution is -2.29. The van der Waals surface area contributed by atoms with Gasteiger partial charge in [0.2, 0.25) is 15.9 Å². The third-order valence-electron chi connectivity index (χ3n) is 4.92. The van der Waals surface area contributed by atoms with Crippen molar-refractivity contribution in [2.24, 2.45) is 5.92 Å². The molecule has 28 heavy (non-hydrogen) atoms. The number of nitrogens with one attached hydrogen (secondary N) is 1. The van der Waals surface area contributed by atoms with Crippen molar-refractivity contribution in [1.29, 1.82) is 0 Å². The van der Waals surface area contributed by atoms with Gasteiger partial charge in [0, 0.05) is 11.6 Å². The molecule has 0 unspecified atom stereocenters. The number of anilines is 2. The lowest BCUT2D eigenvalue weighted by molar-refractivity contribution is -0.117. The molecule has 1 aliphatic rings. The summed E-state index contributed by atoms with van der Waals surface area (Å²) < 4.78 is 26.1. The maximum atomic E-state index is 12.4. The van der Waals surface area contributed by atoms with Gasteiger partial charge in [-0.1, -0.05) is 45.0 Å². The number of sulfonamides is 1. The molecule has 0 aliphatic heterocycles. The van der Waals surface area contributed by atoms with Gasteiger partial charge in [-0.15, -0.1) is 0 Å². The largest absolute Gasteiger partial charge is 0.326 e. The Kier molecular flexibility index (Phi) is 5.53. The van der Waals surface area contributed by atoms with E-state index in [1.807, 2.05) is 24.3 Å². The Hall–Kier alpha value is -2.34. The second-order valence-electron chi connectivity index (χ2n) is 8.53. The van der Waals surface area contributed by atoms with E-state index in [4.69, 9.17) is 0 Å². The van der Waals surface area contributed by atoms with Crippen molar-refractivity contribution < 1.29 is 13.2 Å². The van der Waals surface area contributed by atoms with Gasteiger partial charge in [0.25, 0.3) is 0 Å². The molecule has 0 spiro atoms. The molecule has 0 bridgehead atoms. The van der Waals surface area contributed by atoms with E-state index in [2.05, 4.69) is 26.1 Å². The summed E-state index contributed by atoms with van der Waals surface area (Å²) in [6.45, 7) is 6.70. The number of nitrogens with zero attached hydrogens (tertiary/aromatic N) is 1. The fourth-order valence-electron chi connectivity index (χ4n) is 2.98. The number of carbonyl (C=O) groups is 1. The van der Waals surface area contributed by atoms with E-state index < -0.39 is 10.0 Å². The topological polar surface area (TPSA) is 66.5 Å². The molecule has 2 aromatic carbocycles. The molecular formula is C22H28N2O3S. The highest BCUT2D eigenvalue weighted by Crippen LogP contribution is 2.31. The Morgan fingerprint density at radius 1 is 1.04 bits per heavy atom. The highest BCUT2D eigenvalue weighted by atomic mass is 32.2. The summed E-state index contributed by atoms with van der Waals surface area (Å²) >= 11 is 0. The third kappa shape index (κ3) is 5.13. The number of hydrogen-bond donors (Lipinski definition) is 1. The van der Waals surface area contributed by atoms with Crippen molar-refractivity contribution in [2.45, 2.75) is 45.6 Å². The molecular weight excluding hydrogens is 372 g/mol. The Labute approximate surface area is 167 Å². The van der Waals surface area contributed by atoms with Crippen LogP contribution in [0.1, 0.15) is 44.7 Å². The molecule has 1 saturated carbocycles. The third-order valence-corrected chi connectivity index (χ3v) is 6.06. The zero-order valence-corrected chi connectivity index (χ0v) is 17.7. The van der Waals surface area contributed by atoms with E-state index in [-0.39, 0.29) is 23.8 Å². The highest BCUT2D eigenvalue weighted by Gasteiger charge is 2.29. The first-order chi connectivity index (χ1) is 13.0. The van der Waals surface area contributed by atoms with Crippen LogP contribution >= 0.6 is 0 Å². The zero-order valence-electron chi connectivity index (χ0n) is 16.9. The van der Waals surface area contributed by atoms with Gasteiger partial charge >= 0.3 is 0 Å². The molecule has 1 fully saturated rings. The quantitative estimate of drug-likeness (QED) is 0.786. The van der Waals surface area contributed by atoms with Crippen LogP contribution in [0.2, 0.25) is 0 Å². The van der Waals surface area contributed by atoms with Gasteiger partial charge in [0.05, 0.1) is 18.5 Å². The van der Waals surface area contributed by atoms with Gasteiger partial charge in [0.1, 0.15) is 0 Å². The minimum atomic E-state index is -3.45. The van der Waals surface area contributed by atoms with Crippen LogP contribution in [0.4, 0.5) is 11.4 Å². The Morgan fingerprint density at radius 2 is 1.61 bits per heavy atom. The average Bonchev–Trinajstić information content (AvgIpc) is 3.44. The monoisotopic (exact) mass is 400 g/mol. The summed E-state index contributed by atoms with van der Waals surface area (Å²) in [4.78, 5) is 11.9. The predicted octanol–water partition coefficient (Wildman–Crippen LogP) is 4.30. The predicted molar refractivity (Wildman–Crippen MR) is 114 cm³/mol. The van der Waals surface area contributed by atoms with Crippen LogP contribution < -0.4 is 9.62 Å². The van der Waals surface area contributed by atoms with Gasteiger partial charge in [-0.05, 0) is 53.6 Å². The molecule has 6 heteroatoms. The molecule has 0 aromatic heterocycles. The summed E-state index contributed by atoms with van der Waals surface area (Å²) in [6.07, 6.45) is 3.10. The second-order valence-corrected chi connectivity index (χ2v) is 10.4. The van der Waals surface area contributed by atoms with Crippen LogP contribution in [0.5, 0.6) is 0 Å². The molecule has 0 saturated heterocycles. The number of hydrogen-bond acceptors (Lipinski definition) is 3. The minimum Gasteiger partial charge on any atom is -0.326 e. The lowest BCUT2D eigenvalue weighted by atomic mass is 9.87. The summed E-state index contributed by atoms with van der Waals surface area (Å²) in [7, 11) is -3.45. The van der Waals surface area contributed by atoms with Crippen LogP contribution in [0.15, 0.2) is 48.5 Å².